The van der Waals surface area contributed by atoms with Crippen LogP contribution in [-0.2, 0) is 0 Å². The van der Waals surface area contributed by atoms with E-state index in [1.807, 2.05) is 0 Å². The van der Waals surface area contributed by atoms with Crippen LogP contribution < -0.4 is 25.1 Å². The number of rotatable bonds is 6. The molecule has 8 nitrogen and oxygen atoms in total. The van der Waals surface area contributed by atoms with Crippen molar-refractivity contribution >= 4 is 11.6 Å². The summed E-state index contributed by atoms with van der Waals surface area (Å²) in [6, 6.07) is 12.3. The van der Waals surface area contributed by atoms with Gasteiger partial charge in [-0.2, -0.15) is 0 Å². The third kappa shape index (κ3) is 3.59. The molecule has 0 spiro atoms. The van der Waals surface area contributed by atoms with Crippen molar-refractivity contribution in [3.05, 3.63) is 52.8 Å². The Morgan fingerprint density at radius 3 is 2.19 bits per heavy atom. The first-order valence-corrected chi connectivity index (χ1v) is 7.75. The van der Waals surface area contributed by atoms with Crippen molar-refractivity contribution in [2.45, 2.75) is 0 Å². The fourth-order valence-electron chi connectivity index (χ4n) is 2.36. The smallest absolute Gasteiger partial charge is 0.279 e. The van der Waals surface area contributed by atoms with E-state index in [4.69, 9.17) is 14.2 Å². The third-order valence-corrected chi connectivity index (χ3v) is 3.72. The molecule has 134 valence electrons. The highest BCUT2D eigenvalue weighted by Gasteiger charge is 2.10. The van der Waals surface area contributed by atoms with Crippen LogP contribution in [0, 0.1) is 0 Å². The van der Waals surface area contributed by atoms with Crippen LogP contribution in [0.4, 0.5) is 11.6 Å². The second kappa shape index (κ2) is 7.56. The number of nitrogens with one attached hydrogen (secondary N) is 2. The number of anilines is 2. The minimum absolute atomic E-state index is 0.204. The summed E-state index contributed by atoms with van der Waals surface area (Å²) < 4.78 is 15.6. The molecule has 0 fully saturated rings. The highest BCUT2D eigenvalue weighted by molar-refractivity contribution is 5.65. The number of aromatic nitrogens is 3. The second-order valence-electron chi connectivity index (χ2n) is 5.27. The molecule has 0 atom stereocenters. The molecule has 0 aliphatic heterocycles. The maximum absolute atomic E-state index is 12.4. The highest BCUT2D eigenvalue weighted by Crippen LogP contribution is 2.30. The lowest BCUT2D eigenvalue weighted by Crippen LogP contribution is -2.15. The van der Waals surface area contributed by atoms with Gasteiger partial charge in [-0.15, -0.1) is 10.2 Å². The monoisotopic (exact) mass is 354 g/mol. The Kier molecular flexibility index (Phi) is 5.02. The Bertz CT molecular complexity index is 954. The summed E-state index contributed by atoms with van der Waals surface area (Å²) in [5.41, 5.74) is 1.13. The van der Waals surface area contributed by atoms with Gasteiger partial charge in [0.25, 0.3) is 5.56 Å². The Morgan fingerprint density at radius 1 is 0.885 bits per heavy atom. The summed E-state index contributed by atoms with van der Waals surface area (Å²) >= 11 is 0. The maximum Gasteiger partial charge on any atom is 0.279 e. The van der Waals surface area contributed by atoms with Gasteiger partial charge >= 0.3 is 0 Å². The molecule has 8 heteroatoms. The predicted octanol–water partition coefficient (Wildman–Crippen LogP) is 2.60. The molecule has 26 heavy (non-hydrogen) atoms. The van der Waals surface area contributed by atoms with Crippen molar-refractivity contribution in [1.82, 2.24) is 15.2 Å². The first kappa shape index (κ1) is 17.3. The van der Waals surface area contributed by atoms with E-state index in [0.29, 0.717) is 28.5 Å². The van der Waals surface area contributed by atoms with Gasteiger partial charge in [0.2, 0.25) is 5.95 Å². The summed E-state index contributed by atoms with van der Waals surface area (Å²) in [5, 5.41) is 11.0. The molecule has 0 saturated carbocycles. The Morgan fingerprint density at radius 2 is 1.58 bits per heavy atom. The number of hydrogen-bond donors (Lipinski definition) is 2. The van der Waals surface area contributed by atoms with Crippen LogP contribution in [0.15, 0.2) is 47.3 Å². The quantitative estimate of drug-likeness (QED) is 0.702. The molecular formula is C18H18N4O4. The molecule has 1 aromatic heterocycles. The SMILES string of the molecule is COc1ccc(-c2nnc(Nc3ccc(OC)cc3OC)[nH]c2=O)cc1. The number of benzene rings is 2. The van der Waals surface area contributed by atoms with Crippen LogP contribution in [0.1, 0.15) is 0 Å². The third-order valence-electron chi connectivity index (χ3n) is 3.72. The van der Waals surface area contributed by atoms with Gasteiger partial charge in [0, 0.05) is 11.6 Å². The molecule has 0 unspecified atom stereocenters. The molecule has 0 saturated heterocycles. The number of methoxy groups -OCH3 is 3. The van der Waals surface area contributed by atoms with E-state index in [0.717, 1.165) is 0 Å². The van der Waals surface area contributed by atoms with Crippen molar-refractivity contribution in [2.24, 2.45) is 0 Å². The summed E-state index contributed by atoms with van der Waals surface area (Å²) in [4.78, 5) is 15.0. The average Bonchev–Trinajstić information content (AvgIpc) is 2.68. The number of aromatic amines is 1. The molecule has 3 aromatic rings. The van der Waals surface area contributed by atoms with E-state index in [9.17, 15) is 4.79 Å². The number of H-pyrrole nitrogens is 1. The van der Waals surface area contributed by atoms with E-state index < -0.39 is 0 Å². The molecule has 0 aliphatic rings. The molecule has 3 rings (SSSR count). The van der Waals surface area contributed by atoms with Crippen molar-refractivity contribution in [2.75, 3.05) is 26.6 Å². The molecule has 0 amide bonds. The molecule has 0 radical (unpaired) electrons. The summed E-state index contributed by atoms with van der Waals surface area (Å²) in [6.45, 7) is 0. The van der Waals surface area contributed by atoms with Crippen LogP contribution in [0.25, 0.3) is 11.3 Å². The average molecular weight is 354 g/mol. The number of nitrogens with zero attached hydrogens (tertiary/aromatic N) is 2. The first-order valence-electron chi connectivity index (χ1n) is 7.75. The van der Waals surface area contributed by atoms with Crippen molar-refractivity contribution in [3.63, 3.8) is 0 Å². The number of ether oxygens (including phenoxy) is 3. The van der Waals surface area contributed by atoms with Crippen LogP contribution in [0.5, 0.6) is 17.2 Å². The van der Waals surface area contributed by atoms with Crippen LogP contribution in [0.2, 0.25) is 0 Å². The number of hydrogen-bond acceptors (Lipinski definition) is 7. The minimum atomic E-state index is -0.361. The molecule has 1 heterocycles. The minimum Gasteiger partial charge on any atom is -0.497 e. The van der Waals surface area contributed by atoms with Gasteiger partial charge < -0.3 is 19.5 Å². The normalized spacial score (nSPS) is 10.3. The van der Waals surface area contributed by atoms with Crippen molar-refractivity contribution in [1.29, 1.82) is 0 Å². The fraction of sp³-hybridized carbons (Fsp3) is 0.167. The van der Waals surface area contributed by atoms with Crippen LogP contribution in [0.3, 0.4) is 0 Å². The lowest BCUT2D eigenvalue weighted by molar-refractivity contribution is 0.395. The molecule has 0 bridgehead atoms. The Labute approximate surface area is 149 Å². The summed E-state index contributed by atoms with van der Waals surface area (Å²) in [7, 11) is 4.69. The van der Waals surface area contributed by atoms with E-state index in [1.54, 1.807) is 63.8 Å². The van der Waals surface area contributed by atoms with Crippen molar-refractivity contribution < 1.29 is 14.2 Å². The zero-order chi connectivity index (χ0) is 18.5. The van der Waals surface area contributed by atoms with Gasteiger partial charge in [-0.25, -0.2) is 0 Å². The lowest BCUT2D eigenvalue weighted by Gasteiger charge is -2.11. The Balaban J connectivity index is 1.87. The van der Waals surface area contributed by atoms with Crippen LogP contribution in [-0.4, -0.2) is 36.5 Å². The van der Waals surface area contributed by atoms with Gasteiger partial charge in [-0.1, -0.05) is 0 Å². The van der Waals surface area contributed by atoms with Crippen LogP contribution >= 0.6 is 0 Å². The highest BCUT2D eigenvalue weighted by atomic mass is 16.5. The van der Waals surface area contributed by atoms with E-state index >= 15 is 0 Å². The topological polar surface area (TPSA) is 98.4 Å². The first-order chi connectivity index (χ1) is 12.6. The zero-order valence-electron chi connectivity index (χ0n) is 14.6. The van der Waals surface area contributed by atoms with Gasteiger partial charge in [0.15, 0.2) is 5.69 Å². The summed E-state index contributed by atoms with van der Waals surface area (Å²) in [5.74, 6) is 2.10. The summed E-state index contributed by atoms with van der Waals surface area (Å²) in [6.07, 6.45) is 0. The van der Waals surface area contributed by atoms with E-state index in [1.165, 1.54) is 0 Å². The second-order valence-corrected chi connectivity index (χ2v) is 5.27. The van der Waals surface area contributed by atoms with Gasteiger partial charge in [-0.3, -0.25) is 9.78 Å². The standard InChI is InChI=1S/C18H18N4O4/c1-24-12-6-4-11(5-7-12)16-17(23)20-18(22-21-16)19-14-9-8-13(25-2)10-15(14)26-3/h4-10H,1-3H3,(H2,19,20,22,23). The fourth-order valence-corrected chi connectivity index (χ4v) is 2.36. The van der Waals surface area contributed by atoms with Gasteiger partial charge in [-0.05, 0) is 36.4 Å². The lowest BCUT2D eigenvalue weighted by atomic mass is 10.1. The zero-order valence-corrected chi connectivity index (χ0v) is 14.6. The Hall–Kier alpha value is -3.55. The molecule has 2 N–H and O–H groups in total. The molecular weight excluding hydrogens is 336 g/mol. The largest absolute Gasteiger partial charge is 0.497 e. The molecule has 2 aromatic carbocycles. The van der Waals surface area contributed by atoms with E-state index in [-0.39, 0.29) is 17.2 Å². The molecule has 0 aliphatic carbocycles. The maximum atomic E-state index is 12.4. The van der Waals surface area contributed by atoms with Gasteiger partial charge in [0.05, 0.1) is 27.0 Å². The van der Waals surface area contributed by atoms with E-state index in [2.05, 4.69) is 20.5 Å². The van der Waals surface area contributed by atoms with Crippen molar-refractivity contribution in [3.8, 4) is 28.5 Å². The van der Waals surface area contributed by atoms with Gasteiger partial charge in [0.1, 0.15) is 17.2 Å². The predicted molar refractivity (Wildman–Crippen MR) is 97.5 cm³/mol.